The Labute approximate surface area is 213 Å². The van der Waals surface area contributed by atoms with Gasteiger partial charge in [-0.15, -0.1) is 22.0 Å². The van der Waals surface area contributed by atoms with Crippen molar-refractivity contribution in [3.8, 4) is 11.5 Å². The largest absolute Gasteiger partial charge is 0.450 e. The normalized spacial score (nSPS) is 12.9. The number of aliphatic imine (C=N–C) groups is 1. The number of carbonyl (C=O) groups is 1. The molecule has 9 nitrogen and oxygen atoms in total. The summed E-state index contributed by atoms with van der Waals surface area (Å²) >= 11 is 10.8. The van der Waals surface area contributed by atoms with Crippen LogP contribution in [0.2, 0.25) is 5.02 Å². The molecule has 2 N–H and O–H groups in total. The number of allylic oxidation sites excluding steroid dienone is 1. The quantitative estimate of drug-likeness (QED) is 0.177. The van der Waals surface area contributed by atoms with E-state index in [-0.39, 0.29) is 38.5 Å². The predicted molar refractivity (Wildman–Crippen MR) is 135 cm³/mol. The summed E-state index contributed by atoms with van der Waals surface area (Å²) in [5.74, 6) is -0.713. The fourth-order valence-corrected chi connectivity index (χ4v) is 4.05. The highest BCUT2D eigenvalue weighted by atomic mass is 79.9. The lowest BCUT2D eigenvalue weighted by Gasteiger charge is -2.08. The van der Waals surface area contributed by atoms with Gasteiger partial charge in [0.05, 0.1) is 20.1 Å². The van der Waals surface area contributed by atoms with E-state index < -0.39 is 15.8 Å². The molecule has 13 heteroatoms. The molecule has 3 aromatic rings. The second kappa shape index (κ2) is 11.2. The van der Waals surface area contributed by atoms with E-state index in [1.807, 2.05) is 0 Å². The van der Waals surface area contributed by atoms with Crippen LogP contribution in [-0.2, 0) is 19.4 Å². The molecule has 3 rings (SSSR count). The summed E-state index contributed by atoms with van der Waals surface area (Å²) in [6, 6.07) is 12.8. The standard InChI is InChI=1S/C21H18BrClN4O5S2/c1-33-11-31-21(28)17(24)16(22)18(25-15-9-4-3-8-14(15)23)20-27-26-19(32-20)12-6-5-7-13(10-12)34(2,29)30/h3-10H,11,24H2,1-2H3/b17-16+,25-18?. The maximum atomic E-state index is 12.3. The van der Waals surface area contributed by atoms with Gasteiger partial charge in [0.2, 0.25) is 5.89 Å². The van der Waals surface area contributed by atoms with Crippen molar-refractivity contribution >= 4 is 66.5 Å². The monoisotopic (exact) mass is 584 g/mol. The molecule has 1 heterocycles. The summed E-state index contributed by atoms with van der Waals surface area (Å²) in [5.41, 5.74) is 6.50. The van der Waals surface area contributed by atoms with Crippen LogP contribution in [0.3, 0.4) is 0 Å². The van der Waals surface area contributed by atoms with Crippen molar-refractivity contribution < 1.29 is 22.4 Å². The fraction of sp³-hybridized carbons (Fsp3) is 0.143. The van der Waals surface area contributed by atoms with Crippen LogP contribution in [0.15, 0.2) is 73.0 Å². The van der Waals surface area contributed by atoms with Crippen molar-refractivity contribution in [2.75, 3.05) is 18.5 Å². The Morgan fingerprint density at radius 3 is 2.65 bits per heavy atom. The number of aromatic nitrogens is 2. The summed E-state index contributed by atoms with van der Waals surface area (Å²) in [6.07, 6.45) is 2.87. The van der Waals surface area contributed by atoms with Crippen molar-refractivity contribution in [1.82, 2.24) is 10.2 Å². The summed E-state index contributed by atoms with van der Waals surface area (Å²) in [7, 11) is -3.44. The van der Waals surface area contributed by atoms with Gasteiger partial charge in [-0.3, -0.25) is 0 Å². The number of thioether (sulfide) groups is 1. The minimum absolute atomic E-state index is 0.0321. The van der Waals surface area contributed by atoms with Crippen molar-refractivity contribution in [1.29, 1.82) is 0 Å². The average molecular weight is 586 g/mol. The predicted octanol–water partition coefficient (Wildman–Crippen LogP) is 4.34. The van der Waals surface area contributed by atoms with Crippen LogP contribution in [0.1, 0.15) is 5.89 Å². The molecule has 34 heavy (non-hydrogen) atoms. The number of hydrogen-bond donors (Lipinski definition) is 1. The van der Waals surface area contributed by atoms with E-state index in [9.17, 15) is 13.2 Å². The van der Waals surface area contributed by atoms with E-state index in [1.54, 1.807) is 42.7 Å². The van der Waals surface area contributed by atoms with Gasteiger partial charge in [0.15, 0.2) is 9.84 Å². The smallest absolute Gasteiger partial charge is 0.356 e. The number of halogens is 2. The number of sulfone groups is 1. The lowest BCUT2D eigenvalue weighted by Crippen LogP contribution is -2.19. The zero-order valence-corrected chi connectivity index (χ0v) is 21.8. The topological polar surface area (TPSA) is 138 Å². The lowest BCUT2D eigenvalue weighted by atomic mass is 10.2. The minimum Gasteiger partial charge on any atom is -0.450 e. The number of nitrogens with two attached hydrogens (primary N) is 1. The summed E-state index contributed by atoms with van der Waals surface area (Å²) in [4.78, 5) is 16.9. The van der Waals surface area contributed by atoms with Crippen molar-refractivity contribution in [2.24, 2.45) is 10.7 Å². The number of hydrogen-bond acceptors (Lipinski definition) is 10. The van der Waals surface area contributed by atoms with E-state index in [0.717, 1.165) is 6.26 Å². The van der Waals surface area contributed by atoms with Gasteiger partial charge in [-0.2, -0.15) is 0 Å². The molecule has 1 aromatic heterocycles. The van der Waals surface area contributed by atoms with E-state index in [4.69, 9.17) is 26.5 Å². The molecular weight excluding hydrogens is 568 g/mol. The van der Waals surface area contributed by atoms with E-state index in [0.29, 0.717) is 16.3 Å². The Morgan fingerprint density at radius 2 is 1.97 bits per heavy atom. The Hall–Kier alpha value is -2.67. The minimum atomic E-state index is -3.44. The lowest BCUT2D eigenvalue weighted by molar-refractivity contribution is -0.136. The second-order valence-corrected chi connectivity index (χ2v) is 10.7. The SMILES string of the molecule is CSCOC(=O)/C(N)=C(\Br)C(=Nc1ccccc1Cl)c1nnc(-c2cccc(S(C)(=O)=O)c2)o1. The second-order valence-electron chi connectivity index (χ2n) is 6.69. The molecule has 0 fully saturated rings. The summed E-state index contributed by atoms with van der Waals surface area (Å²) in [5, 5.41) is 8.36. The first kappa shape index (κ1) is 25.9. The number of carbonyl (C=O) groups excluding carboxylic acids is 1. The van der Waals surface area contributed by atoms with E-state index >= 15 is 0 Å². The van der Waals surface area contributed by atoms with Gasteiger partial charge in [0, 0.05) is 11.8 Å². The molecule has 0 atom stereocenters. The van der Waals surface area contributed by atoms with Crippen molar-refractivity contribution in [3.05, 3.63) is 69.6 Å². The van der Waals surface area contributed by atoms with Gasteiger partial charge < -0.3 is 14.9 Å². The van der Waals surface area contributed by atoms with Crippen LogP contribution >= 0.6 is 39.3 Å². The molecule has 0 bridgehead atoms. The maximum absolute atomic E-state index is 12.3. The van der Waals surface area contributed by atoms with Gasteiger partial charge in [-0.05, 0) is 52.5 Å². The van der Waals surface area contributed by atoms with Gasteiger partial charge in [-0.25, -0.2) is 18.2 Å². The molecule has 2 aromatic carbocycles. The highest BCUT2D eigenvalue weighted by Crippen LogP contribution is 2.29. The number of nitrogens with zero attached hydrogens (tertiary/aromatic N) is 3. The molecule has 0 aliphatic carbocycles. The molecule has 0 unspecified atom stereocenters. The first-order valence-corrected chi connectivity index (χ1v) is 13.9. The first-order chi connectivity index (χ1) is 16.1. The summed E-state index contributed by atoms with van der Waals surface area (Å²) < 4.78 is 34.7. The molecule has 0 amide bonds. The van der Waals surface area contributed by atoms with Crippen LogP contribution in [-0.4, -0.2) is 48.7 Å². The number of benzene rings is 2. The number of para-hydroxylation sites is 1. The van der Waals surface area contributed by atoms with E-state index in [2.05, 4.69) is 31.1 Å². The van der Waals surface area contributed by atoms with Crippen LogP contribution < -0.4 is 5.73 Å². The highest BCUT2D eigenvalue weighted by molar-refractivity contribution is 9.12. The molecule has 0 radical (unpaired) electrons. The molecule has 0 saturated carbocycles. The highest BCUT2D eigenvalue weighted by Gasteiger charge is 2.23. The first-order valence-electron chi connectivity index (χ1n) is 9.41. The molecular formula is C21H18BrClN4O5S2. The van der Waals surface area contributed by atoms with Crippen LogP contribution in [0.4, 0.5) is 5.69 Å². The molecule has 0 aliphatic rings. The molecule has 0 spiro atoms. The van der Waals surface area contributed by atoms with E-state index in [1.165, 1.54) is 23.9 Å². The van der Waals surface area contributed by atoms with Crippen LogP contribution in [0.25, 0.3) is 11.5 Å². The Bertz CT molecular complexity index is 1390. The zero-order valence-electron chi connectivity index (χ0n) is 17.9. The number of ether oxygens (including phenoxy) is 1. The van der Waals surface area contributed by atoms with Crippen molar-refractivity contribution in [3.63, 3.8) is 0 Å². The number of esters is 1. The van der Waals surface area contributed by atoms with Gasteiger partial charge in [0.25, 0.3) is 5.89 Å². The summed E-state index contributed by atoms with van der Waals surface area (Å²) in [6.45, 7) is 0. The van der Waals surface area contributed by atoms with Gasteiger partial charge >= 0.3 is 5.97 Å². The van der Waals surface area contributed by atoms with Gasteiger partial charge in [-0.1, -0.05) is 29.8 Å². The number of rotatable bonds is 8. The Morgan fingerprint density at radius 1 is 1.24 bits per heavy atom. The maximum Gasteiger partial charge on any atom is 0.356 e. The molecule has 0 aliphatic heterocycles. The molecule has 0 saturated heterocycles. The zero-order chi connectivity index (χ0) is 24.9. The van der Waals surface area contributed by atoms with Crippen molar-refractivity contribution in [2.45, 2.75) is 4.90 Å². The Balaban J connectivity index is 2.11. The third kappa shape index (κ3) is 6.26. The van der Waals surface area contributed by atoms with Crippen LogP contribution in [0.5, 0.6) is 0 Å². The third-order valence-corrected chi connectivity index (χ3v) is 6.78. The third-order valence-electron chi connectivity index (χ3n) is 4.19. The average Bonchev–Trinajstić information content (AvgIpc) is 3.30. The molecule has 178 valence electrons. The van der Waals surface area contributed by atoms with Crippen LogP contribution in [0, 0.1) is 0 Å². The Kier molecular flexibility index (Phi) is 8.52. The fourth-order valence-electron chi connectivity index (χ4n) is 2.56. The van der Waals surface area contributed by atoms with Gasteiger partial charge in [0.1, 0.15) is 17.3 Å².